The minimum atomic E-state index is -0.354. The molecule has 1 aliphatic heterocycles. The molecule has 1 aromatic rings. The van der Waals surface area contributed by atoms with Crippen molar-refractivity contribution < 1.29 is 9.84 Å². The maximum Gasteiger partial charge on any atom is 0.125 e. The molecule has 98 valence electrons. The fourth-order valence-corrected chi connectivity index (χ4v) is 3.50. The summed E-state index contributed by atoms with van der Waals surface area (Å²) in [4.78, 5) is 0. The lowest BCUT2D eigenvalue weighted by Gasteiger charge is -2.45. The standard InChI is InChI=1S/C16H22O2/c1-2-12-7-9-16(10-8-12)11-14(17)13-5-3-4-6-15(13)18-16/h3-6,12,14,17H,2,7-11H2,1H3. The summed E-state index contributed by atoms with van der Waals surface area (Å²) in [5.41, 5.74) is 0.861. The quantitative estimate of drug-likeness (QED) is 0.815. The lowest BCUT2D eigenvalue weighted by molar-refractivity contribution is -0.0470. The molecular weight excluding hydrogens is 224 g/mol. The lowest BCUT2D eigenvalue weighted by atomic mass is 9.73. The molecule has 2 nitrogen and oxygen atoms in total. The minimum Gasteiger partial charge on any atom is -0.487 e. The van der Waals surface area contributed by atoms with Crippen LogP contribution in [0.3, 0.4) is 0 Å². The highest BCUT2D eigenvalue weighted by molar-refractivity contribution is 5.38. The summed E-state index contributed by atoms with van der Waals surface area (Å²) in [6, 6.07) is 7.93. The SMILES string of the molecule is CCC1CCC2(CC1)CC(O)c1ccccc1O2. The van der Waals surface area contributed by atoms with Gasteiger partial charge in [0.25, 0.3) is 0 Å². The van der Waals surface area contributed by atoms with Crippen LogP contribution in [-0.4, -0.2) is 10.7 Å². The van der Waals surface area contributed by atoms with Crippen LogP contribution in [0.4, 0.5) is 0 Å². The number of hydrogen-bond acceptors (Lipinski definition) is 2. The van der Waals surface area contributed by atoms with Gasteiger partial charge in [0.05, 0.1) is 6.10 Å². The topological polar surface area (TPSA) is 29.5 Å². The van der Waals surface area contributed by atoms with Crippen molar-refractivity contribution >= 4 is 0 Å². The van der Waals surface area contributed by atoms with Gasteiger partial charge in [0.1, 0.15) is 11.4 Å². The van der Waals surface area contributed by atoms with Crippen LogP contribution in [0.25, 0.3) is 0 Å². The Morgan fingerprint density at radius 3 is 2.72 bits per heavy atom. The zero-order chi connectivity index (χ0) is 12.6. The minimum absolute atomic E-state index is 0.0978. The van der Waals surface area contributed by atoms with E-state index in [2.05, 4.69) is 6.92 Å². The van der Waals surface area contributed by atoms with Gasteiger partial charge in [-0.05, 0) is 37.7 Å². The predicted molar refractivity (Wildman–Crippen MR) is 71.6 cm³/mol. The first-order chi connectivity index (χ1) is 8.72. The molecule has 1 fully saturated rings. The third-order valence-corrected chi connectivity index (χ3v) is 4.76. The number of aliphatic hydroxyl groups is 1. The first kappa shape index (κ1) is 12.0. The molecular formula is C16H22O2. The number of para-hydroxylation sites is 1. The van der Waals surface area contributed by atoms with Gasteiger partial charge in [0.2, 0.25) is 0 Å². The molecule has 0 bridgehead atoms. The number of rotatable bonds is 1. The van der Waals surface area contributed by atoms with Crippen LogP contribution >= 0.6 is 0 Å². The fourth-order valence-electron chi connectivity index (χ4n) is 3.50. The second kappa shape index (κ2) is 4.58. The third-order valence-electron chi connectivity index (χ3n) is 4.76. The van der Waals surface area contributed by atoms with Crippen LogP contribution < -0.4 is 4.74 Å². The van der Waals surface area contributed by atoms with Gasteiger partial charge in [-0.3, -0.25) is 0 Å². The van der Waals surface area contributed by atoms with Crippen molar-refractivity contribution in [2.75, 3.05) is 0 Å². The van der Waals surface area contributed by atoms with Crippen LogP contribution in [0.2, 0.25) is 0 Å². The van der Waals surface area contributed by atoms with Crippen LogP contribution in [0.15, 0.2) is 24.3 Å². The summed E-state index contributed by atoms with van der Waals surface area (Å²) < 4.78 is 6.26. The monoisotopic (exact) mass is 246 g/mol. The number of fused-ring (bicyclic) bond motifs is 1. The number of benzene rings is 1. The predicted octanol–water partition coefficient (Wildman–Crippen LogP) is 3.84. The van der Waals surface area contributed by atoms with Crippen molar-refractivity contribution in [1.29, 1.82) is 0 Å². The van der Waals surface area contributed by atoms with Crippen LogP contribution in [0.1, 0.15) is 57.1 Å². The van der Waals surface area contributed by atoms with Crippen molar-refractivity contribution in [2.45, 2.75) is 57.2 Å². The summed E-state index contributed by atoms with van der Waals surface area (Å²) in [7, 11) is 0. The summed E-state index contributed by atoms with van der Waals surface area (Å²) in [5, 5.41) is 10.3. The highest BCUT2D eigenvalue weighted by atomic mass is 16.5. The Morgan fingerprint density at radius 2 is 2.00 bits per heavy atom. The first-order valence-corrected chi connectivity index (χ1v) is 7.18. The third kappa shape index (κ3) is 2.03. The van der Waals surface area contributed by atoms with Crippen molar-refractivity contribution in [2.24, 2.45) is 5.92 Å². The molecule has 2 heteroatoms. The summed E-state index contributed by atoms with van der Waals surface area (Å²) in [5.74, 6) is 1.75. The Bertz CT molecular complexity index is 419. The Morgan fingerprint density at radius 1 is 1.28 bits per heavy atom. The van der Waals surface area contributed by atoms with E-state index >= 15 is 0 Å². The number of aliphatic hydroxyl groups excluding tert-OH is 1. The van der Waals surface area contributed by atoms with Crippen molar-refractivity contribution in [3.8, 4) is 5.75 Å². The average Bonchev–Trinajstić information content (AvgIpc) is 2.40. The normalized spacial score (nSPS) is 35.0. The summed E-state index contributed by atoms with van der Waals surface area (Å²) in [6.07, 6.45) is 6.35. The van der Waals surface area contributed by atoms with E-state index in [1.165, 1.54) is 19.3 Å². The van der Waals surface area contributed by atoms with Crippen LogP contribution in [0, 0.1) is 5.92 Å². The molecule has 1 N–H and O–H groups in total. The smallest absolute Gasteiger partial charge is 0.125 e. The molecule has 1 heterocycles. The van der Waals surface area contributed by atoms with Crippen molar-refractivity contribution in [3.05, 3.63) is 29.8 Å². The van der Waals surface area contributed by atoms with Gasteiger partial charge in [-0.15, -0.1) is 0 Å². The van der Waals surface area contributed by atoms with E-state index in [1.807, 2.05) is 24.3 Å². The molecule has 0 aromatic heterocycles. The maximum atomic E-state index is 10.3. The molecule has 1 saturated carbocycles. The number of hydrogen-bond donors (Lipinski definition) is 1. The van der Waals surface area contributed by atoms with Gasteiger partial charge in [0.15, 0.2) is 0 Å². The molecule has 0 radical (unpaired) electrons. The molecule has 0 amide bonds. The van der Waals surface area contributed by atoms with Crippen molar-refractivity contribution in [1.82, 2.24) is 0 Å². The Hall–Kier alpha value is -1.02. The van der Waals surface area contributed by atoms with Gasteiger partial charge < -0.3 is 9.84 Å². The van der Waals surface area contributed by atoms with E-state index in [0.717, 1.165) is 36.5 Å². The maximum absolute atomic E-state index is 10.3. The second-order valence-corrected chi connectivity index (χ2v) is 5.89. The van der Waals surface area contributed by atoms with Gasteiger partial charge in [0, 0.05) is 12.0 Å². The molecule has 1 aliphatic carbocycles. The van der Waals surface area contributed by atoms with Crippen LogP contribution in [0.5, 0.6) is 5.75 Å². The summed E-state index contributed by atoms with van der Waals surface area (Å²) in [6.45, 7) is 2.27. The Labute approximate surface area is 109 Å². The van der Waals surface area contributed by atoms with E-state index in [0.29, 0.717) is 0 Å². The zero-order valence-electron chi connectivity index (χ0n) is 11.1. The average molecular weight is 246 g/mol. The molecule has 1 aromatic carbocycles. The van der Waals surface area contributed by atoms with E-state index in [9.17, 15) is 5.11 Å². The molecule has 3 rings (SSSR count). The molecule has 18 heavy (non-hydrogen) atoms. The van der Waals surface area contributed by atoms with E-state index < -0.39 is 0 Å². The molecule has 1 unspecified atom stereocenters. The largest absolute Gasteiger partial charge is 0.487 e. The van der Waals surface area contributed by atoms with Gasteiger partial charge >= 0.3 is 0 Å². The van der Waals surface area contributed by atoms with Crippen molar-refractivity contribution in [3.63, 3.8) is 0 Å². The highest BCUT2D eigenvalue weighted by Gasteiger charge is 2.42. The molecule has 0 saturated heterocycles. The zero-order valence-corrected chi connectivity index (χ0v) is 11.1. The molecule has 2 aliphatic rings. The lowest BCUT2D eigenvalue weighted by Crippen LogP contribution is -2.44. The number of ether oxygens (including phenoxy) is 1. The van der Waals surface area contributed by atoms with E-state index in [4.69, 9.17) is 4.74 Å². The molecule has 1 spiro atoms. The second-order valence-electron chi connectivity index (χ2n) is 5.89. The van der Waals surface area contributed by atoms with E-state index in [-0.39, 0.29) is 11.7 Å². The van der Waals surface area contributed by atoms with Gasteiger partial charge in [-0.2, -0.15) is 0 Å². The Balaban J connectivity index is 1.81. The first-order valence-electron chi connectivity index (χ1n) is 7.18. The molecule has 1 atom stereocenters. The van der Waals surface area contributed by atoms with Crippen LogP contribution in [-0.2, 0) is 0 Å². The van der Waals surface area contributed by atoms with E-state index in [1.54, 1.807) is 0 Å². The fraction of sp³-hybridized carbons (Fsp3) is 0.625. The van der Waals surface area contributed by atoms with Gasteiger partial charge in [-0.25, -0.2) is 0 Å². The Kier molecular flexibility index (Phi) is 3.06. The van der Waals surface area contributed by atoms with Gasteiger partial charge in [-0.1, -0.05) is 31.5 Å². The highest BCUT2D eigenvalue weighted by Crippen LogP contribution is 2.47. The summed E-state index contributed by atoms with van der Waals surface area (Å²) >= 11 is 0.